The summed E-state index contributed by atoms with van der Waals surface area (Å²) >= 11 is 0. The van der Waals surface area contributed by atoms with Crippen LogP contribution in [0.1, 0.15) is 61.6 Å². The van der Waals surface area contributed by atoms with E-state index < -0.39 is 0 Å². The summed E-state index contributed by atoms with van der Waals surface area (Å²) in [6.07, 6.45) is 8.35. The molecular weight excluding hydrogens is 232 g/mol. The van der Waals surface area contributed by atoms with Crippen LogP contribution in [-0.4, -0.2) is 24.5 Å². The molecule has 4 rings (SSSR count). The quantitative estimate of drug-likeness (QED) is 0.819. The van der Waals surface area contributed by atoms with Crippen molar-refractivity contribution >= 4 is 5.69 Å². The Hall–Kier alpha value is -1.02. The number of nitrogens with one attached hydrogen (secondary N) is 1. The van der Waals surface area contributed by atoms with E-state index in [0.717, 1.165) is 12.5 Å². The largest absolute Gasteiger partial charge is 0.385 e. The van der Waals surface area contributed by atoms with E-state index in [0.29, 0.717) is 6.04 Å². The van der Waals surface area contributed by atoms with Crippen molar-refractivity contribution < 1.29 is 0 Å². The third-order valence-electron chi connectivity index (χ3n) is 5.30. The van der Waals surface area contributed by atoms with Crippen LogP contribution in [0.2, 0.25) is 0 Å². The first kappa shape index (κ1) is 11.8. The Balaban J connectivity index is 1.67. The molecule has 2 atom stereocenters. The minimum atomic E-state index is 0.706. The van der Waals surface area contributed by atoms with Crippen LogP contribution < -0.4 is 5.32 Å². The van der Waals surface area contributed by atoms with Crippen LogP contribution in [0.15, 0.2) is 18.2 Å². The molecule has 2 nitrogen and oxygen atoms in total. The topological polar surface area (TPSA) is 15.3 Å². The van der Waals surface area contributed by atoms with Crippen LogP contribution in [0.3, 0.4) is 0 Å². The number of benzene rings is 1. The van der Waals surface area contributed by atoms with Gasteiger partial charge in [0.25, 0.3) is 0 Å². The summed E-state index contributed by atoms with van der Waals surface area (Å²) in [6, 6.07) is 7.62. The van der Waals surface area contributed by atoms with E-state index in [1.54, 1.807) is 11.1 Å². The van der Waals surface area contributed by atoms with Gasteiger partial charge in [-0.05, 0) is 61.9 Å². The molecule has 0 aromatic heterocycles. The molecule has 1 saturated heterocycles. The smallest absolute Gasteiger partial charge is 0.0378 e. The number of rotatable bonds is 1. The summed E-state index contributed by atoms with van der Waals surface area (Å²) in [5.74, 6) is 0.820. The monoisotopic (exact) mass is 256 g/mol. The molecule has 0 bridgehead atoms. The first-order chi connectivity index (χ1) is 9.43. The number of hydrogen-bond acceptors (Lipinski definition) is 2. The molecule has 0 radical (unpaired) electrons. The molecule has 1 aromatic rings. The lowest BCUT2D eigenvalue weighted by atomic mass is 9.93. The van der Waals surface area contributed by atoms with Crippen LogP contribution in [0.25, 0.3) is 0 Å². The summed E-state index contributed by atoms with van der Waals surface area (Å²) in [4.78, 5) is 2.78. The molecule has 2 heterocycles. The predicted molar refractivity (Wildman–Crippen MR) is 79.7 cm³/mol. The molecule has 102 valence electrons. The van der Waals surface area contributed by atoms with Gasteiger partial charge >= 0.3 is 0 Å². The van der Waals surface area contributed by atoms with Gasteiger partial charge in [0.05, 0.1) is 0 Å². The molecule has 19 heavy (non-hydrogen) atoms. The molecule has 2 unspecified atom stereocenters. The van der Waals surface area contributed by atoms with Crippen molar-refractivity contribution in [2.75, 3.05) is 25.0 Å². The maximum Gasteiger partial charge on any atom is 0.0378 e. The zero-order valence-electron chi connectivity index (χ0n) is 11.7. The maximum atomic E-state index is 3.59. The normalized spacial score (nSPS) is 30.5. The highest BCUT2D eigenvalue weighted by atomic mass is 15.2. The van der Waals surface area contributed by atoms with Gasteiger partial charge in [-0.3, -0.25) is 4.90 Å². The Morgan fingerprint density at radius 3 is 2.74 bits per heavy atom. The van der Waals surface area contributed by atoms with Crippen LogP contribution in [0.4, 0.5) is 5.69 Å². The second-order valence-electron chi connectivity index (χ2n) is 6.42. The fourth-order valence-electron chi connectivity index (χ4n) is 4.39. The van der Waals surface area contributed by atoms with Gasteiger partial charge in [-0.1, -0.05) is 25.0 Å². The van der Waals surface area contributed by atoms with Crippen molar-refractivity contribution in [3.63, 3.8) is 0 Å². The van der Waals surface area contributed by atoms with E-state index in [4.69, 9.17) is 0 Å². The molecule has 2 heteroatoms. The number of hydrogen-bond donors (Lipinski definition) is 1. The van der Waals surface area contributed by atoms with Gasteiger partial charge in [-0.25, -0.2) is 0 Å². The van der Waals surface area contributed by atoms with E-state index >= 15 is 0 Å². The van der Waals surface area contributed by atoms with Gasteiger partial charge in [-0.15, -0.1) is 0 Å². The van der Waals surface area contributed by atoms with Gasteiger partial charge in [0.1, 0.15) is 0 Å². The highest BCUT2D eigenvalue weighted by molar-refractivity contribution is 5.61. The lowest BCUT2D eigenvalue weighted by molar-refractivity contribution is 0.198. The van der Waals surface area contributed by atoms with Crippen molar-refractivity contribution in [1.29, 1.82) is 0 Å². The fraction of sp³-hybridized carbons (Fsp3) is 0.647. The summed E-state index contributed by atoms with van der Waals surface area (Å²) in [7, 11) is 0. The number of anilines is 1. The minimum Gasteiger partial charge on any atom is -0.385 e. The molecule has 1 aromatic carbocycles. The predicted octanol–water partition coefficient (Wildman–Crippen LogP) is 3.91. The highest BCUT2D eigenvalue weighted by Crippen LogP contribution is 2.50. The Bertz CT molecular complexity index is 460. The molecule has 1 fully saturated rings. The van der Waals surface area contributed by atoms with Crippen molar-refractivity contribution in [2.45, 2.75) is 50.5 Å². The van der Waals surface area contributed by atoms with Gasteiger partial charge in [0.15, 0.2) is 0 Å². The Labute approximate surface area is 116 Å². The standard InChI is InChI=1S/C17H24N2/c1-2-4-11-19(10-3-1)16-12-13-8-9-18-15-7-5-6-14(16)17(13)15/h5-7,13,16,18H,1-4,8-12H2. The van der Waals surface area contributed by atoms with E-state index in [-0.39, 0.29) is 0 Å². The van der Waals surface area contributed by atoms with E-state index in [1.165, 1.54) is 57.3 Å². The Morgan fingerprint density at radius 1 is 1.05 bits per heavy atom. The average Bonchev–Trinajstić information content (AvgIpc) is 2.65. The average molecular weight is 256 g/mol. The molecule has 2 aliphatic heterocycles. The maximum absolute atomic E-state index is 3.59. The molecule has 0 spiro atoms. The number of likely N-dealkylation sites (tertiary alicyclic amines) is 1. The second kappa shape index (κ2) is 4.82. The minimum absolute atomic E-state index is 0.706. The number of nitrogens with zero attached hydrogens (tertiary/aromatic N) is 1. The lowest BCUT2D eigenvalue weighted by Gasteiger charge is -2.28. The summed E-state index contributed by atoms with van der Waals surface area (Å²) in [5, 5.41) is 3.59. The third kappa shape index (κ3) is 1.97. The Morgan fingerprint density at radius 2 is 1.89 bits per heavy atom. The van der Waals surface area contributed by atoms with Crippen molar-refractivity contribution in [2.24, 2.45) is 0 Å². The third-order valence-corrected chi connectivity index (χ3v) is 5.30. The van der Waals surface area contributed by atoms with E-state index in [1.807, 2.05) is 0 Å². The molecule has 3 aliphatic rings. The van der Waals surface area contributed by atoms with Gasteiger partial charge in [0, 0.05) is 18.3 Å². The van der Waals surface area contributed by atoms with Gasteiger partial charge in [-0.2, -0.15) is 0 Å². The zero-order chi connectivity index (χ0) is 12.7. The van der Waals surface area contributed by atoms with Gasteiger partial charge < -0.3 is 5.32 Å². The summed E-state index contributed by atoms with van der Waals surface area (Å²) in [5.41, 5.74) is 4.71. The second-order valence-corrected chi connectivity index (χ2v) is 6.42. The molecule has 1 aliphatic carbocycles. The first-order valence-electron chi connectivity index (χ1n) is 8.04. The fourth-order valence-corrected chi connectivity index (χ4v) is 4.39. The highest BCUT2D eigenvalue weighted by Gasteiger charge is 2.37. The van der Waals surface area contributed by atoms with Crippen molar-refractivity contribution in [1.82, 2.24) is 4.90 Å². The van der Waals surface area contributed by atoms with Crippen LogP contribution >= 0.6 is 0 Å². The molecule has 1 N–H and O–H groups in total. The van der Waals surface area contributed by atoms with Crippen molar-refractivity contribution in [3.8, 4) is 0 Å². The van der Waals surface area contributed by atoms with Crippen molar-refractivity contribution in [3.05, 3.63) is 29.3 Å². The SMILES string of the molecule is c1cc2c3c(c1)C(N1CCCCCC1)CC3CCN2. The lowest BCUT2D eigenvalue weighted by Crippen LogP contribution is -2.28. The molecular formula is C17H24N2. The van der Waals surface area contributed by atoms with E-state index in [2.05, 4.69) is 28.4 Å². The first-order valence-corrected chi connectivity index (χ1v) is 8.04. The van der Waals surface area contributed by atoms with E-state index in [9.17, 15) is 0 Å². The van der Waals surface area contributed by atoms with Crippen LogP contribution in [-0.2, 0) is 0 Å². The Kier molecular flexibility index (Phi) is 2.99. The zero-order valence-corrected chi connectivity index (χ0v) is 11.7. The molecule has 0 amide bonds. The summed E-state index contributed by atoms with van der Waals surface area (Å²) < 4.78 is 0. The van der Waals surface area contributed by atoms with Crippen LogP contribution in [0, 0.1) is 0 Å². The van der Waals surface area contributed by atoms with Gasteiger partial charge in [0.2, 0.25) is 0 Å². The summed E-state index contributed by atoms with van der Waals surface area (Å²) in [6.45, 7) is 3.79. The van der Waals surface area contributed by atoms with Crippen LogP contribution in [0.5, 0.6) is 0 Å². The molecule has 0 saturated carbocycles.